The molecule has 14 heavy (non-hydrogen) atoms. The summed E-state index contributed by atoms with van der Waals surface area (Å²) in [7, 11) is 3.07. The van der Waals surface area contributed by atoms with E-state index < -0.39 is 12.1 Å². The van der Waals surface area contributed by atoms with E-state index in [4.69, 9.17) is 4.74 Å². The summed E-state index contributed by atoms with van der Waals surface area (Å²) in [5.74, 6) is 0.0442. The minimum atomic E-state index is -1.55. The van der Waals surface area contributed by atoms with Gasteiger partial charge in [0.1, 0.15) is 5.75 Å². The Bertz CT molecular complexity index is 392. The molecule has 0 bridgehead atoms. The number of nitrogens with zero attached hydrogens (tertiary/aromatic N) is 1. The van der Waals surface area contributed by atoms with Crippen molar-refractivity contribution in [2.75, 3.05) is 19.1 Å². The lowest BCUT2D eigenvalue weighted by atomic mass is 10.1. The third-order valence-electron chi connectivity index (χ3n) is 2.42. The highest BCUT2D eigenvalue weighted by atomic mass is 19.1. The number of alkyl halides is 1. The molecule has 0 saturated carbocycles. The average Bonchev–Trinajstić information content (AvgIpc) is 2.44. The van der Waals surface area contributed by atoms with Gasteiger partial charge in [-0.25, -0.2) is 4.39 Å². The number of methoxy groups -OCH3 is 1. The molecule has 0 radical (unpaired) electrons. The zero-order valence-electron chi connectivity index (χ0n) is 7.95. The fourth-order valence-corrected chi connectivity index (χ4v) is 1.59. The van der Waals surface area contributed by atoms with Crippen molar-refractivity contribution in [2.45, 2.75) is 6.17 Å². The summed E-state index contributed by atoms with van der Waals surface area (Å²) in [4.78, 5) is 12.6. The van der Waals surface area contributed by atoms with Crippen LogP contribution >= 0.6 is 0 Å². The third-order valence-corrected chi connectivity index (χ3v) is 2.42. The average molecular weight is 195 g/mol. The SMILES string of the molecule is COc1ccc2c(c1)C(F)C(=O)N2C. The maximum Gasteiger partial charge on any atom is 0.266 e. The fourth-order valence-electron chi connectivity index (χ4n) is 1.59. The Balaban J connectivity index is 2.53. The first kappa shape index (κ1) is 8.99. The predicted octanol–water partition coefficient (Wildman–Crippen LogP) is 1.68. The van der Waals surface area contributed by atoms with Crippen molar-refractivity contribution in [3.63, 3.8) is 0 Å². The molecule has 1 aliphatic rings. The van der Waals surface area contributed by atoms with Crippen LogP contribution < -0.4 is 9.64 Å². The van der Waals surface area contributed by atoms with Crippen molar-refractivity contribution in [1.29, 1.82) is 0 Å². The van der Waals surface area contributed by atoms with Gasteiger partial charge in [0.15, 0.2) is 0 Å². The van der Waals surface area contributed by atoms with Crippen molar-refractivity contribution >= 4 is 11.6 Å². The molecule has 3 nitrogen and oxygen atoms in total. The van der Waals surface area contributed by atoms with Crippen LogP contribution in [0.3, 0.4) is 0 Å². The smallest absolute Gasteiger partial charge is 0.266 e. The molecule has 0 aliphatic carbocycles. The Kier molecular flexibility index (Phi) is 1.91. The largest absolute Gasteiger partial charge is 0.497 e. The van der Waals surface area contributed by atoms with Gasteiger partial charge in [0, 0.05) is 12.6 Å². The lowest BCUT2D eigenvalue weighted by Gasteiger charge is -2.09. The van der Waals surface area contributed by atoms with E-state index in [9.17, 15) is 9.18 Å². The standard InChI is InChI=1S/C10H10FNO2/c1-12-8-4-3-6(14-2)5-7(8)9(11)10(12)13/h3-5,9H,1-2H3. The Morgan fingerprint density at radius 1 is 1.50 bits per heavy atom. The van der Waals surface area contributed by atoms with E-state index in [2.05, 4.69) is 0 Å². The summed E-state index contributed by atoms with van der Waals surface area (Å²) in [5, 5.41) is 0. The molecule has 1 aromatic rings. The molecule has 1 atom stereocenters. The molecule has 0 N–H and O–H groups in total. The molecule has 1 heterocycles. The number of rotatable bonds is 1. The number of carbonyl (C=O) groups excluding carboxylic acids is 1. The van der Waals surface area contributed by atoms with Crippen LogP contribution in [0.1, 0.15) is 11.7 Å². The second kappa shape index (κ2) is 2.97. The van der Waals surface area contributed by atoms with Crippen molar-refractivity contribution < 1.29 is 13.9 Å². The van der Waals surface area contributed by atoms with E-state index in [1.165, 1.54) is 12.0 Å². The molecule has 0 aromatic heterocycles. The number of benzene rings is 1. The van der Waals surface area contributed by atoms with Gasteiger partial charge in [-0.2, -0.15) is 0 Å². The number of anilines is 1. The van der Waals surface area contributed by atoms with Crippen LogP contribution in [0.2, 0.25) is 0 Å². The van der Waals surface area contributed by atoms with E-state index in [1.54, 1.807) is 25.2 Å². The first-order valence-corrected chi connectivity index (χ1v) is 4.24. The number of ether oxygens (including phenoxy) is 1. The fraction of sp³-hybridized carbons (Fsp3) is 0.300. The maximum atomic E-state index is 13.4. The third kappa shape index (κ3) is 1.07. The molecule has 1 amide bonds. The van der Waals surface area contributed by atoms with Gasteiger partial charge in [-0.05, 0) is 18.2 Å². The molecule has 0 spiro atoms. The molecule has 1 aromatic carbocycles. The highest BCUT2D eigenvalue weighted by Gasteiger charge is 2.35. The summed E-state index contributed by atoms with van der Waals surface area (Å²) < 4.78 is 18.4. The van der Waals surface area contributed by atoms with Gasteiger partial charge in [-0.3, -0.25) is 4.79 Å². The molecule has 74 valence electrons. The molecular weight excluding hydrogens is 185 g/mol. The number of likely N-dealkylation sites (N-methyl/N-ethyl adjacent to an activating group) is 1. The van der Waals surface area contributed by atoms with Gasteiger partial charge < -0.3 is 9.64 Å². The normalized spacial score (nSPS) is 19.8. The van der Waals surface area contributed by atoms with Crippen LogP contribution in [0.15, 0.2) is 18.2 Å². The number of carbonyl (C=O) groups is 1. The van der Waals surface area contributed by atoms with E-state index >= 15 is 0 Å². The quantitative estimate of drug-likeness (QED) is 0.682. The Labute approximate surface area is 81.1 Å². The minimum absolute atomic E-state index is 0.386. The number of halogens is 1. The van der Waals surface area contributed by atoms with Crippen LogP contribution in [0.5, 0.6) is 5.75 Å². The lowest BCUT2D eigenvalue weighted by molar-refractivity contribution is -0.122. The lowest BCUT2D eigenvalue weighted by Crippen LogP contribution is -2.22. The van der Waals surface area contributed by atoms with Gasteiger partial charge >= 0.3 is 0 Å². The van der Waals surface area contributed by atoms with E-state index in [1.807, 2.05) is 0 Å². The molecule has 0 fully saturated rings. The first-order chi connectivity index (χ1) is 6.65. The Hall–Kier alpha value is -1.58. The molecule has 1 unspecified atom stereocenters. The highest BCUT2D eigenvalue weighted by Crippen LogP contribution is 2.38. The predicted molar refractivity (Wildman–Crippen MR) is 50.3 cm³/mol. The summed E-state index contributed by atoms with van der Waals surface area (Å²) in [6.45, 7) is 0. The molecule has 2 rings (SSSR count). The number of fused-ring (bicyclic) bond motifs is 1. The highest BCUT2D eigenvalue weighted by molar-refractivity contribution is 6.03. The van der Waals surface area contributed by atoms with Crippen molar-refractivity contribution in [3.8, 4) is 5.75 Å². The first-order valence-electron chi connectivity index (χ1n) is 4.24. The summed E-state index contributed by atoms with van der Waals surface area (Å²) in [6.07, 6.45) is -1.55. The second-order valence-electron chi connectivity index (χ2n) is 3.18. The van der Waals surface area contributed by atoms with Gasteiger partial charge in [0.05, 0.1) is 12.8 Å². The van der Waals surface area contributed by atoms with Crippen molar-refractivity contribution in [2.24, 2.45) is 0 Å². The Morgan fingerprint density at radius 3 is 2.86 bits per heavy atom. The van der Waals surface area contributed by atoms with E-state index in [0.29, 0.717) is 17.0 Å². The van der Waals surface area contributed by atoms with Crippen LogP contribution in [0.4, 0.5) is 10.1 Å². The van der Waals surface area contributed by atoms with Crippen molar-refractivity contribution in [1.82, 2.24) is 0 Å². The van der Waals surface area contributed by atoms with Gasteiger partial charge in [-0.15, -0.1) is 0 Å². The van der Waals surface area contributed by atoms with Crippen molar-refractivity contribution in [3.05, 3.63) is 23.8 Å². The number of amides is 1. The zero-order valence-corrected chi connectivity index (χ0v) is 7.95. The monoisotopic (exact) mass is 195 g/mol. The molecule has 0 saturated heterocycles. The summed E-state index contributed by atoms with van der Waals surface area (Å²) in [6, 6.07) is 4.95. The zero-order chi connectivity index (χ0) is 10.3. The molecule has 1 aliphatic heterocycles. The van der Waals surface area contributed by atoms with E-state index in [0.717, 1.165) is 0 Å². The maximum absolute atomic E-state index is 13.4. The summed E-state index contributed by atoms with van der Waals surface area (Å²) >= 11 is 0. The number of hydrogen-bond acceptors (Lipinski definition) is 2. The van der Waals surface area contributed by atoms with Gasteiger partial charge in [0.2, 0.25) is 6.17 Å². The second-order valence-corrected chi connectivity index (χ2v) is 3.18. The van der Waals surface area contributed by atoms with Crippen LogP contribution in [0.25, 0.3) is 0 Å². The van der Waals surface area contributed by atoms with Gasteiger partial charge in [-0.1, -0.05) is 0 Å². The summed E-state index contributed by atoms with van der Waals surface area (Å²) in [5.41, 5.74) is 1.00. The van der Waals surface area contributed by atoms with Crippen LogP contribution in [-0.4, -0.2) is 20.1 Å². The minimum Gasteiger partial charge on any atom is -0.497 e. The topological polar surface area (TPSA) is 29.5 Å². The molecule has 4 heteroatoms. The van der Waals surface area contributed by atoms with E-state index in [-0.39, 0.29) is 0 Å². The van der Waals surface area contributed by atoms with Crippen LogP contribution in [-0.2, 0) is 4.79 Å². The van der Waals surface area contributed by atoms with Gasteiger partial charge in [0.25, 0.3) is 5.91 Å². The van der Waals surface area contributed by atoms with Crippen LogP contribution in [0, 0.1) is 0 Å². The number of hydrogen-bond donors (Lipinski definition) is 0. The Morgan fingerprint density at radius 2 is 2.21 bits per heavy atom. The molecular formula is C10H10FNO2.